The van der Waals surface area contributed by atoms with Gasteiger partial charge in [0.2, 0.25) is 0 Å². The topological polar surface area (TPSA) is 82.6 Å². The Bertz CT molecular complexity index is 971. The fourth-order valence-electron chi connectivity index (χ4n) is 3.26. The molecule has 0 aliphatic carbocycles. The number of aryl methyl sites for hydroxylation is 1. The first-order valence-corrected chi connectivity index (χ1v) is 8.73. The molecule has 0 bridgehead atoms. The number of halogens is 1. The molecule has 0 atom stereocenters. The summed E-state index contributed by atoms with van der Waals surface area (Å²) in [5.74, 6) is 0.220. The SMILES string of the molecule is Cc1cccc(CN2CCc3noc(-c4cc(Cl)c(O)cc4O)c3C2)n1. The lowest BCUT2D eigenvalue weighted by Crippen LogP contribution is -2.30. The van der Waals surface area contributed by atoms with Crippen LogP contribution in [-0.4, -0.2) is 31.8 Å². The lowest BCUT2D eigenvalue weighted by molar-refractivity contribution is 0.242. The molecular formula is C19H18ClN3O3. The maximum Gasteiger partial charge on any atom is 0.175 e. The molecule has 1 aliphatic rings. The Morgan fingerprint density at radius 2 is 2.08 bits per heavy atom. The third-order valence-corrected chi connectivity index (χ3v) is 4.86. The molecule has 3 heterocycles. The highest BCUT2D eigenvalue weighted by atomic mass is 35.5. The predicted molar refractivity (Wildman–Crippen MR) is 97.1 cm³/mol. The van der Waals surface area contributed by atoms with E-state index in [0.717, 1.165) is 42.2 Å². The molecule has 0 saturated carbocycles. The van der Waals surface area contributed by atoms with Gasteiger partial charge in [0.25, 0.3) is 0 Å². The summed E-state index contributed by atoms with van der Waals surface area (Å²) in [6, 6.07) is 8.71. The number of hydrogen-bond acceptors (Lipinski definition) is 6. The third kappa shape index (κ3) is 3.13. The summed E-state index contributed by atoms with van der Waals surface area (Å²) < 4.78 is 5.50. The Hall–Kier alpha value is -2.57. The molecule has 134 valence electrons. The Kier molecular flexibility index (Phi) is 4.30. The highest BCUT2D eigenvalue weighted by Crippen LogP contribution is 2.40. The second-order valence-electron chi connectivity index (χ2n) is 6.49. The molecule has 3 aromatic rings. The van der Waals surface area contributed by atoms with Gasteiger partial charge in [0.15, 0.2) is 5.76 Å². The monoisotopic (exact) mass is 371 g/mol. The smallest absolute Gasteiger partial charge is 0.175 e. The van der Waals surface area contributed by atoms with Crippen LogP contribution in [0.5, 0.6) is 11.5 Å². The molecule has 0 spiro atoms. The summed E-state index contributed by atoms with van der Waals surface area (Å²) in [6.07, 6.45) is 0.761. The third-order valence-electron chi connectivity index (χ3n) is 4.56. The fourth-order valence-corrected chi connectivity index (χ4v) is 3.43. The van der Waals surface area contributed by atoms with Crippen LogP contribution in [0, 0.1) is 6.92 Å². The van der Waals surface area contributed by atoms with Crippen LogP contribution in [0.4, 0.5) is 0 Å². The molecule has 1 aromatic carbocycles. The van der Waals surface area contributed by atoms with Gasteiger partial charge in [0.1, 0.15) is 11.5 Å². The van der Waals surface area contributed by atoms with Crippen molar-refractivity contribution in [1.29, 1.82) is 0 Å². The molecule has 2 N–H and O–H groups in total. The van der Waals surface area contributed by atoms with Crippen molar-refractivity contribution in [1.82, 2.24) is 15.0 Å². The zero-order chi connectivity index (χ0) is 18.3. The molecule has 0 radical (unpaired) electrons. The molecule has 26 heavy (non-hydrogen) atoms. The van der Waals surface area contributed by atoms with Gasteiger partial charge in [-0.05, 0) is 25.1 Å². The zero-order valence-corrected chi connectivity index (χ0v) is 15.0. The number of benzene rings is 1. The summed E-state index contributed by atoms with van der Waals surface area (Å²) in [6.45, 7) is 4.21. The second-order valence-corrected chi connectivity index (χ2v) is 6.90. The van der Waals surface area contributed by atoms with Crippen LogP contribution >= 0.6 is 11.6 Å². The van der Waals surface area contributed by atoms with E-state index in [1.807, 2.05) is 25.1 Å². The molecule has 1 aliphatic heterocycles. The van der Waals surface area contributed by atoms with Crippen molar-refractivity contribution in [2.24, 2.45) is 0 Å². The molecule has 0 amide bonds. The summed E-state index contributed by atoms with van der Waals surface area (Å²) in [4.78, 5) is 6.83. The van der Waals surface area contributed by atoms with Crippen LogP contribution < -0.4 is 0 Å². The van der Waals surface area contributed by atoms with Gasteiger partial charge >= 0.3 is 0 Å². The molecule has 6 nitrogen and oxygen atoms in total. The quantitative estimate of drug-likeness (QED) is 0.731. The van der Waals surface area contributed by atoms with Crippen LogP contribution in [0.3, 0.4) is 0 Å². The minimum atomic E-state index is -0.173. The van der Waals surface area contributed by atoms with Crippen LogP contribution in [0.25, 0.3) is 11.3 Å². The van der Waals surface area contributed by atoms with Gasteiger partial charge in [-0.15, -0.1) is 0 Å². The van der Waals surface area contributed by atoms with Gasteiger partial charge in [0, 0.05) is 43.4 Å². The van der Waals surface area contributed by atoms with Crippen molar-refractivity contribution in [2.45, 2.75) is 26.4 Å². The molecule has 4 rings (SSSR count). The lowest BCUT2D eigenvalue weighted by Gasteiger charge is -2.26. The van der Waals surface area contributed by atoms with E-state index in [4.69, 9.17) is 16.1 Å². The summed E-state index contributed by atoms with van der Waals surface area (Å²) in [5.41, 5.74) is 4.26. The fraction of sp³-hybridized carbons (Fsp3) is 0.263. The van der Waals surface area contributed by atoms with E-state index < -0.39 is 0 Å². The van der Waals surface area contributed by atoms with Crippen molar-refractivity contribution in [3.05, 3.63) is 58.0 Å². The predicted octanol–water partition coefficient (Wildman–Crippen LogP) is 3.67. The molecule has 0 unspecified atom stereocenters. The minimum Gasteiger partial charge on any atom is -0.507 e. The van der Waals surface area contributed by atoms with E-state index in [1.54, 1.807) is 0 Å². The maximum absolute atomic E-state index is 10.2. The highest BCUT2D eigenvalue weighted by Gasteiger charge is 2.27. The average Bonchev–Trinajstić information content (AvgIpc) is 3.01. The van der Waals surface area contributed by atoms with Crippen molar-refractivity contribution >= 4 is 11.6 Å². The van der Waals surface area contributed by atoms with E-state index in [0.29, 0.717) is 17.9 Å². The van der Waals surface area contributed by atoms with E-state index in [9.17, 15) is 10.2 Å². The van der Waals surface area contributed by atoms with Crippen LogP contribution in [-0.2, 0) is 19.5 Å². The number of pyridine rings is 1. The number of nitrogens with zero attached hydrogens (tertiary/aromatic N) is 3. The van der Waals surface area contributed by atoms with Gasteiger partial charge in [-0.25, -0.2) is 0 Å². The molecule has 0 saturated heterocycles. The number of aromatic hydroxyl groups is 2. The maximum atomic E-state index is 10.2. The molecular weight excluding hydrogens is 354 g/mol. The second kappa shape index (κ2) is 6.63. The molecule has 7 heteroatoms. The van der Waals surface area contributed by atoms with E-state index >= 15 is 0 Å². The normalized spacial score (nSPS) is 14.4. The number of phenolic OH excluding ortho intramolecular Hbond substituents is 2. The summed E-state index contributed by atoms with van der Waals surface area (Å²) in [5, 5.41) is 24.1. The molecule has 0 fully saturated rings. The minimum absolute atomic E-state index is 0.0941. The van der Waals surface area contributed by atoms with Crippen molar-refractivity contribution in [3.8, 4) is 22.8 Å². The van der Waals surface area contributed by atoms with E-state index in [-0.39, 0.29) is 16.5 Å². The lowest BCUT2D eigenvalue weighted by atomic mass is 10.0. The van der Waals surface area contributed by atoms with Crippen LogP contribution in [0.15, 0.2) is 34.9 Å². The van der Waals surface area contributed by atoms with Gasteiger partial charge in [-0.3, -0.25) is 9.88 Å². The summed E-state index contributed by atoms with van der Waals surface area (Å²) in [7, 11) is 0. The Morgan fingerprint density at radius 3 is 2.88 bits per heavy atom. The zero-order valence-electron chi connectivity index (χ0n) is 14.2. The van der Waals surface area contributed by atoms with Gasteiger partial charge < -0.3 is 14.7 Å². The number of hydrogen-bond donors (Lipinski definition) is 2. The average molecular weight is 372 g/mol. The Morgan fingerprint density at radius 1 is 1.23 bits per heavy atom. The van der Waals surface area contributed by atoms with E-state index in [1.165, 1.54) is 12.1 Å². The number of rotatable bonds is 3. The number of aromatic nitrogens is 2. The number of fused-ring (bicyclic) bond motifs is 1. The first-order valence-electron chi connectivity index (χ1n) is 8.35. The van der Waals surface area contributed by atoms with Gasteiger partial charge in [-0.2, -0.15) is 0 Å². The van der Waals surface area contributed by atoms with Crippen molar-refractivity contribution in [3.63, 3.8) is 0 Å². The van der Waals surface area contributed by atoms with Crippen LogP contribution in [0.1, 0.15) is 22.6 Å². The first-order chi connectivity index (χ1) is 12.5. The van der Waals surface area contributed by atoms with Crippen LogP contribution in [0.2, 0.25) is 5.02 Å². The standard InChI is InChI=1S/C19H18ClN3O3/c1-11-3-2-4-12(21-11)9-23-6-5-16-14(10-23)19(26-22-16)13-7-15(20)18(25)8-17(13)24/h2-4,7-8,24-25H,5-6,9-10H2,1H3. The molecule has 2 aromatic heterocycles. The summed E-state index contributed by atoms with van der Waals surface area (Å²) >= 11 is 5.99. The van der Waals surface area contributed by atoms with Crippen molar-refractivity contribution < 1.29 is 14.7 Å². The first kappa shape index (κ1) is 16.9. The Labute approximate surface area is 155 Å². The van der Waals surface area contributed by atoms with E-state index in [2.05, 4.69) is 15.0 Å². The van der Waals surface area contributed by atoms with Gasteiger partial charge in [0.05, 0.1) is 22.0 Å². The van der Waals surface area contributed by atoms with Gasteiger partial charge in [-0.1, -0.05) is 22.8 Å². The highest BCUT2D eigenvalue weighted by molar-refractivity contribution is 6.32. The Balaban J connectivity index is 1.63. The largest absolute Gasteiger partial charge is 0.507 e. The number of phenols is 2. The van der Waals surface area contributed by atoms with Crippen molar-refractivity contribution in [2.75, 3.05) is 6.54 Å².